The number of hydrogen-bond acceptors (Lipinski definition) is 5. The predicted octanol–water partition coefficient (Wildman–Crippen LogP) is 0.588. The number of hydrogen-bond donors (Lipinski definition) is 1. The van der Waals surface area contributed by atoms with Gasteiger partial charge in [0.25, 0.3) is 0 Å². The van der Waals surface area contributed by atoms with Gasteiger partial charge in [-0.3, -0.25) is 4.79 Å². The molecular weight excluding hydrogens is 280 g/mol. The largest absolute Gasteiger partial charge is 0.469 e. The van der Waals surface area contributed by atoms with Gasteiger partial charge in [0.15, 0.2) is 0 Å². The summed E-state index contributed by atoms with van der Waals surface area (Å²) in [5.41, 5.74) is -0.285. The Kier molecular flexibility index (Phi) is 5.57. The number of carbonyl (C=O) groups is 1. The molecule has 6 nitrogen and oxygen atoms in total. The van der Waals surface area contributed by atoms with Crippen molar-refractivity contribution in [3.05, 3.63) is 0 Å². The molecule has 0 amide bonds. The van der Waals surface area contributed by atoms with Gasteiger partial charge in [-0.25, -0.2) is 13.1 Å². The number of nitrogens with zero attached hydrogens (tertiary/aromatic N) is 1. The summed E-state index contributed by atoms with van der Waals surface area (Å²) in [7, 11) is 1.60. The van der Waals surface area contributed by atoms with Crippen LogP contribution in [0.3, 0.4) is 0 Å². The lowest BCUT2D eigenvalue weighted by Gasteiger charge is -2.33. The molecule has 0 spiro atoms. The van der Waals surface area contributed by atoms with Crippen LogP contribution in [0.2, 0.25) is 0 Å². The average molecular weight is 306 g/mol. The van der Waals surface area contributed by atoms with Crippen molar-refractivity contribution in [3.8, 4) is 0 Å². The maximum absolute atomic E-state index is 12.4. The Hall–Kier alpha value is -0.660. The summed E-state index contributed by atoms with van der Waals surface area (Å²) in [6.45, 7) is 4.23. The van der Waals surface area contributed by atoms with Crippen LogP contribution in [0.15, 0.2) is 0 Å². The van der Waals surface area contributed by atoms with Crippen LogP contribution < -0.4 is 4.72 Å². The van der Waals surface area contributed by atoms with Crippen LogP contribution in [-0.4, -0.2) is 57.8 Å². The molecule has 0 aromatic rings. The highest BCUT2D eigenvalue weighted by Gasteiger charge is 2.42. The van der Waals surface area contributed by atoms with Gasteiger partial charge in [0, 0.05) is 12.1 Å². The number of nitrogens with one attached hydrogen (secondary N) is 1. The first kappa shape index (κ1) is 17.4. The van der Waals surface area contributed by atoms with Crippen LogP contribution in [0.4, 0.5) is 0 Å². The number of likely N-dealkylation sites (N-methyl/N-ethyl adjacent to an activating group) is 1. The average Bonchev–Trinajstić information content (AvgIpc) is 2.85. The second kappa shape index (κ2) is 6.41. The van der Waals surface area contributed by atoms with Gasteiger partial charge >= 0.3 is 5.97 Å². The standard InChI is InChI=1S/C13H26N2O4S/c1-13(2,15(3)4)9-14-20(17,18)11-8-6-7-10(11)12(16)19-5/h10-11,14H,6-9H2,1-5H3. The second-order valence-electron chi connectivity index (χ2n) is 6.17. The molecule has 20 heavy (non-hydrogen) atoms. The Morgan fingerprint density at radius 3 is 2.45 bits per heavy atom. The van der Waals surface area contributed by atoms with E-state index >= 15 is 0 Å². The summed E-state index contributed by atoms with van der Waals surface area (Å²) in [4.78, 5) is 13.6. The third-order valence-electron chi connectivity index (χ3n) is 4.27. The Morgan fingerprint density at radius 1 is 1.35 bits per heavy atom. The monoisotopic (exact) mass is 306 g/mol. The Bertz CT molecular complexity index is 445. The molecule has 0 heterocycles. The van der Waals surface area contributed by atoms with E-state index in [2.05, 4.69) is 4.72 Å². The molecule has 1 fully saturated rings. The Balaban J connectivity index is 2.76. The zero-order valence-corrected chi connectivity index (χ0v) is 13.8. The van der Waals surface area contributed by atoms with Gasteiger partial charge < -0.3 is 9.64 Å². The minimum atomic E-state index is -3.51. The fraction of sp³-hybridized carbons (Fsp3) is 0.923. The van der Waals surface area contributed by atoms with Gasteiger partial charge in [-0.1, -0.05) is 6.42 Å². The first-order valence-electron chi connectivity index (χ1n) is 6.85. The van der Waals surface area contributed by atoms with E-state index in [0.717, 1.165) is 6.42 Å². The molecule has 0 aromatic heterocycles. The van der Waals surface area contributed by atoms with Crippen LogP contribution in [0, 0.1) is 5.92 Å². The lowest BCUT2D eigenvalue weighted by Crippen LogP contribution is -2.50. The molecular formula is C13H26N2O4S. The number of carbonyl (C=O) groups excluding carboxylic acids is 1. The molecule has 118 valence electrons. The summed E-state index contributed by atoms with van der Waals surface area (Å²) in [5.74, 6) is -0.968. The molecule has 1 saturated carbocycles. The van der Waals surface area contributed by atoms with Crippen LogP contribution in [0.1, 0.15) is 33.1 Å². The normalized spacial score (nSPS) is 24.1. The van der Waals surface area contributed by atoms with Crippen LogP contribution in [-0.2, 0) is 19.6 Å². The molecule has 1 rings (SSSR count). The Morgan fingerprint density at radius 2 is 1.95 bits per heavy atom. The zero-order valence-electron chi connectivity index (χ0n) is 13.0. The minimum Gasteiger partial charge on any atom is -0.469 e. The number of methoxy groups -OCH3 is 1. The van der Waals surface area contributed by atoms with Crippen LogP contribution >= 0.6 is 0 Å². The smallest absolute Gasteiger partial charge is 0.310 e. The van der Waals surface area contributed by atoms with Crippen LogP contribution in [0.25, 0.3) is 0 Å². The van der Waals surface area contributed by atoms with Crippen LogP contribution in [0.5, 0.6) is 0 Å². The third kappa shape index (κ3) is 3.93. The number of rotatable bonds is 6. The molecule has 2 atom stereocenters. The summed E-state index contributed by atoms with van der Waals surface area (Å²) in [5, 5.41) is -0.673. The molecule has 0 saturated heterocycles. The van der Waals surface area contributed by atoms with Gasteiger partial charge in [-0.15, -0.1) is 0 Å². The summed E-state index contributed by atoms with van der Waals surface area (Å²) < 4.78 is 32.1. The molecule has 0 aromatic carbocycles. The molecule has 1 aliphatic carbocycles. The van der Waals surface area contributed by atoms with Crippen molar-refractivity contribution in [2.75, 3.05) is 27.7 Å². The molecule has 0 aliphatic heterocycles. The molecule has 1 aliphatic rings. The zero-order chi connectivity index (χ0) is 15.6. The van der Waals surface area contributed by atoms with E-state index in [-0.39, 0.29) is 5.54 Å². The van der Waals surface area contributed by atoms with E-state index in [1.54, 1.807) is 0 Å². The minimum absolute atomic E-state index is 0.285. The fourth-order valence-electron chi connectivity index (χ4n) is 2.26. The molecule has 1 N–H and O–H groups in total. The lowest BCUT2D eigenvalue weighted by atomic mass is 10.1. The maximum Gasteiger partial charge on any atom is 0.310 e. The summed E-state index contributed by atoms with van der Waals surface area (Å²) >= 11 is 0. The fourth-order valence-corrected chi connectivity index (χ4v) is 4.19. The van der Waals surface area contributed by atoms with E-state index < -0.39 is 27.2 Å². The highest BCUT2D eigenvalue weighted by Crippen LogP contribution is 2.31. The highest BCUT2D eigenvalue weighted by atomic mass is 32.2. The van der Waals surface area contributed by atoms with Gasteiger partial charge in [-0.05, 0) is 40.8 Å². The van der Waals surface area contributed by atoms with E-state index in [9.17, 15) is 13.2 Å². The quantitative estimate of drug-likeness (QED) is 0.727. The van der Waals surface area contributed by atoms with Crippen molar-refractivity contribution in [2.45, 2.75) is 43.9 Å². The van der Waals surface area contributed by atoms with Crippen molar-refractivity contribution in [1.29, 1.82) is 0 Å². The number of esters is 1. The molecule has 0 radical (unpaired) electrons. The first-order chi connectivity index (χ1) is 9.12. The van der Waals surface area contributed by atoms with Gasteiger partial charge in [0.05, 0.1) is 18.3 Å². The predicted molar refractivity (Wildman–Crippen MR) is 77.8 cm³/mol. The van der Waals surface area contributed by atoms with E-state index in [4.69, 9.17) is 4.74 Å². The van der Waals surface area contributed by atoms with Gasteiger partial charge in [0.1, 0.15) is 0 Å². The molecule has 7 heteroatoms. The SMILES string of the molecule is COC(=O)C1CCCC1S(=O)(=O)NCC(C)(C)N(C)C. The molecule has 2 unspecified atom stereocenters. The van der Waals surface area contributed by atoms with E-state index in [1.807, 2.05) is 32.8 Å². The first-order valence-corrected chi connectivity index (χ1v) is 8.40. The van der Waals surface area contributed by atoms with Crippen molar-refractivity contribution >= 4 is 16.0 Å². The lowest BCUT2D eigenvalue weighted by molar-refractivity contribution is -0.145. The number of sulfonamides is 1. The highest BCUT2D eigenvalue weighted by molar-refractivity contribution is 7.90. The van der Waals surface area contributed by atoms with E-state index in [0.29, 0.717) is 19.4 Å². The van der Waals surface area contributed by atoms with Crippen molar-refractivity contribution in [2.24, 2.45) is 5.92 Å². The van der Waals surface area contributed by atoms with Gasteiger partial charge in [0.2, 0.25) is 10.0 Å². The summed E-state index contributed by atoms with van der Waals surface area (Å²) in [6, 6.07) is 0. The second-order valence-corrected chi connectivity index (χ2v) is 8.16. The maximum atomic E-state index is 12.4. The van der Waals surface area contributed by atoms with Crippen molar-refractivity contribution in [1.82, 2.24) is 9.62 Å². The van der Waals surface area contributed by atoms with Gasteiger partial charge in [-0.2, -0.15) is 0 Å². The summed E-state index contributed by atoms with van der Waals surface area (Å²) in [6.07, 6.45) is 1.83. The third-order valence-corrected chi connectivity index (χ3v) is 6.18. The Labute approximate surface area is 121 Å². The van der Waals surface area contributed by atoms with Crippen molar-refractivity contribution in [3.63, 3.8) is 0 Å². The van der Waals surface area contributed by atoms with Crippen molar-refractivity contribution < 1.29 is 17.9 Å². The number of ether oxygens (including phenoxy) is 1. The van der Waals surface area contributed by atoms with E-state index in [1.165, 1.54) is 7.11 Å². The topological polar surface area (TPSA) is 75.7 Å². The molecule has 0 bridgehead atoms.